The molecule has 0 fully saturated rings. The zero-order chi connectivity index (χ0) is 17.4. The van der Waals surface area contributed by atoms with Crippen LogP contribution in [-0.4, -0.2) is 19.9 Å². The van der Waals surface area contributed by atoms with E-state index in [9.17, 15) is 13.9 Å². The van der Waals surface area contributed by atoms with Crippen LogP contribution in [0.1, 0.15) is 25.0 Å². The van der Waals surface area contributed by atoms with Gasteiger partial charge in [0, 0.05) is 0 Å². The van der Waals surface area contributed by atoms with Gasteiger partial charge in [-0.3, -0.25) is 0 Å². The molecule has 2 aromatic carbocycles. The average Bonchev–Trinajstić information content (AvgIpc) is 3.10. The van der Waals surface area contributed by atoms with E-state index >= 15 is 0 Å². The van der Waals surface area contributed by atoms with Crippen molar-refractivity contribution in [2.24, 2.45) is 0 Å². The SMILES string of the molecule is CC(C)(n1cncn1)C(O)(c1ccc(F)cc1)c1ccc(F)cc1. The normalized spacial score (nSPS) is 12.4. The van der Waals surface area contributed by atoms with E-state index in [0.29, 0.717) is 11.1 Å². The van der Waals surface area contributed by atoms with Crippen molar-refractivity contribution < 1.29 is 13.9 Å². The van der Waals surface area contributed by atoms with Gasteiger partial charge in [-0.15, -0.1) is 0 Å². The van der Waals surface area contributed by atoms with Gasteiger partial charge in [0.05, 0.1) is 5.54 Å². The molecule has 1 N–H and O–H groups in total. The van der Waals surface area contributed by atoms with Crippen LogP contribution >= 0.6 is 0 Å². The maximum Gasteiger partial charge on any atom is 0.139 e. The lowest BCUT2D eigenvalue weighted by atomic mass is 9.72. The molecule has 0 atom stereocenters. The lowest BCUT2D eigenvalue weighted by Gasteiger charge is -2.43. The molecule has 6 heteroatoms. The lowest BCUT2D eigenvalue weighted by molar-refractivity contribution is -0.0347. The van der Waals surface area contributed by atoms with Crippen molar-refractivity contribution in [3.63, 3.8) is 0 Å². The standard InChI is InChI=1S/C18H17F2N3O/c1-17(2,23-12-21-11-22-23)18(24,13-3-7-15(19)8-4-13)14-5-9-16(20)10-6-14/h3-12,24H,1-2H3. The minimum absolute atomic E-state index is 0.404. The monoisotopic (exact) mass is 329 g/mol. The maximum atomic E-state index is 13.3. The van der Waals surface area contributed by atoms with Crippen LogP contribution in [0.4, 0.5) is 8.78 Å². The molecule has 0 aliphatic rings. The molecule has 1 aromatic heterocycles. The van der Waals surface area contributed by atoms with Crippen LogP contribution in [0.5, 0.6) is 0 Å². The summed E-state index contributed by atoms with van der Waals surface area (Å²) in [5.74, 6) is -0.808. The number of nitrogens with zero attached hydrogens (tertiary/aromatic N) is 3. The zero-order valence-corrected chi connectivity index (χ0v) is 13.3. The topological polar surface area (TPSA) is 50.9 Å². The van der Waals surface area contributed by atoms with Crippen molar-refractivity contribution in [3.8, 4) is 0 Å². The van der Waals surface area contributed by atoms with Gasteiger partial charge in [-0.1, -0.05) is 24.3 Å². The fourth-order valence-electron chi connectivity index (χ4n) is 2.92. The van der Waals surface area contributed by atoms with Crippen LogP contribution in [0.15, 0.2) is 61.2 Å². The van der Waals surface area contributed by atoms with Crippen LogP contribution < -0.4 is 0 Å². The second-order valence-corrected chi connectivity index (χ2v) is 6.12. The molecule has 0 spiro atoms. The molecule has 124 valence electrons. The summed E-state index contributed by atoms with van der Waals surface area (Å²) in [5, 5.41) is 15.8. The number of benzene rings is 2. The van der Waals surface area contributed by atoms with Gasteiger partial charge in [-0.05, 0) is 49.2 Å². The van der Waals surface area contributed by atoms with Crippen molar-refractivity contribution in [2.45, 2.75) is 25.0 Å². The summed E-state index contributed by atoms with van der Waals surface area (Å²) in [4.78, 5) is 3.94. The first-order chi connectivity index (χ1) is 11.4. The Bertz CT molecular complexity index is 767. The molecule has 0 aliphatic heterocycles. The molecule has 24 heavy (non-hydrogen) atoms. The van der Waals surface area contributed by atoms with Gasteiger partial charge in [-0.2, -0.15) is 5.10 Å². The van der Waals surface area contributed by atoms with E-state index in [2.05, 4.69) is 10.1 Å². The van der Waals surface area contributed by atoms with E-state index in [1.807, 2.05) is 0 Å². The Morgan fingerprint density at radius 1 is 0.875 bits per heavy atom. The van der Waals surface area contributed by atoms with E-state index in [1.165, 1.54) is 65.9 Å². The number of aromatic nitrogens is 3. The van der Waals surface area contributed by atoms with Gasteiger partial charge in [0.2, 0.25) is 0 Å². The summed E-state index contributed by atoms with van der Waals surface area (Å²) in [5.41, 5.74) is -1.62. The number of rotatable bonds is 4. The number of halogens is 2. The highest BCUT2D eigenvalue weighted by atomic mass is 19.1. The first kappa shape index (κ1) is 16.3. The van der Waals surface area contributed by atoms with Crippen LogP contribution in [0.2, 0.25) is 0 Å². The Labute approximate surface area is 138 Å². The van der Waals surface area contributed by atoms with Crippen molar-refractivity contribution in [2.75, 3.05) is 0 Å². The van der Waals surface area contributed by atoms with Crippen molar-refractivity contribution >= 4 is 0 Å². The summed E-state index contributed by atoms with van der Waals surface area (Å²) >= 11 is 0. The third-order valence-corrected chi connectivity index (χ3v) is 4.40. The summed E-state index contributed by atoms with van der Waals surface area (Å²) < 4.78 is 28.2. The van der Waals surface area contributed by atoms with Gasteiger partial charge in [0.25, 0.3) is 0 Å². The number of hydrogen-bond donors (Lipinski definition) is 1. The average molecular weight is 329 g/mol. The van der Waals surface area contributed by atoms with E-state index in [1.54, 1.807) is 13.8 Å². The summed E-state index contributed by atoms with van der Waals surface area (Å²) in [6.45, 7) is 3.57. The Hall–Kier alpha value is -2.60. The molecular weight excluding hydrogens is 312 g/mol. The molecule has 4 nitrogen and oxygen atoms in total. The fraction of sp³-hybridized carbons (Fsp3) is 0.222. The third kappa shape index (κ3) is 2.49. The zero-order valence-electron chi connectivity index (χ0n) is 13.3. The molecular formula is C18H17F2N3O. The summed E-state index contributed by atoms with van der Waals surface area (Å²) in [6.07, 6.45) is 2.87. The van der Waals surface area contributed by atoms with Gasteiger partial charge >= 0.3 is 0 Å². The van der Waals surface area contributed by atoms with E-state index < -0.39 is 22.8 Å². The highest BCUT2D eigenvalue weighted by Crippen LogP contribution is 2.43. The van der Waals surface area contributed by atoms with E-state index in [-0.39, 0.29) is 0 Å². The Morgan fingerprint density at radius 3 is 1.71 bits per heavy atom. The predicted molar refractivity (Wildman–Crippen MR) is 85.1 cm³/mol. The highest BCUT2D eigenvalue weighted by molar-refractivity contribution is 5.39. The molecule has 0 unspecified atom stereocenters. The number of hydrogen-bond acceptors (Lipinski definition) is 3. The molecule has 3 aromatic rings. The lowest BCUT2D eigenvalue weighted by Crippen LogP contribution is -2.50. The molecule has 1 heterocycles. The Morgan fingerprint density at radius 2 is 1.33 bits per heavy atom. The van der Waals surface area contributed by atoms with Crippen molar-refractivity contribution in [3.05, 3.63) is 83.9 Å². The molecule has 0 aliphatic carbocycles. The fourth-order valence-corrected chi connectivity index (χ4v) is 2.92. The van der Waals surface area contributed by atoms with E-state index in [0.717, 1.165) is 0 Å². The van der Waals surface area contributed by atoms with Gasteiger partial charge in [0.15, 0.2) is 0 Å². The van der Waals surface area contributed by atoms with Gasteiger partial charge in [-0.25, -0.2) is 18.4 Å². The first-order valence-electron chi connectivity index (χ1n) is 7.45. The van der Waals surface area contributed by atoms with Crippen LogP contribution in [-0.2, 0) is 11.1 Å². The van der Waals surface area contributed by atoms with Crippen molar-refractivity contribution in [1.29, 1.82) is 0 Å². The van der Waals surface area contributed by atoms with Crippen LogP contribution in [0.25, 0.3) is 0 Å². The maximum absolute atomic E-state index is 13.3. The second-order valence-electron chi connectivity index (χ2n) is 6.12. The predicted octanol–water partition coefficient (Wildman–Crippen LogP) is 3.23. The van der Waals surface area contributed by atoms with Crippen molar-refractivity contribution in [1.82, 2.24) is 14.8 Å². The summed E-state index contributed by atoms with van der Waals surface area (Å²) in [7, 11) is 0. The van der Waals surface area contributed by atoms with Gasteiger partial charge in [0.1, 0.15) is 29.9 Å². The van der Waals surface area contributed by atoms with E-state index in [4.69, 9.17) is 0 Å². The van der Waals surface area contributed by atoms with Crippen LogP contribution in [0.3, 0.4) is 0 Å². The molecule has 0 bridgehead atoms. The molecule has 3 rings (SSSR count). The Balaban J connectivity index is 2.24. The summed E-state index contributed by atoms with van der Waals surface area (Å²) in [6, 6.07) is 11.2. The molecule has 0 amide bonds. The first-order valence-corrected chi connectivity index (χ1v) is 7.45. The quantitative estimate of drug-likeness (QED) is 0.799. The second kappa shape index (κ2) is 5.79. The molecule has 0 radical (unpaired) electrons. The minimum atomic E-state index is -1.58. The minimum Gasteiger partial charge on any atom is -0.378 e. The highest BCUT2D eigenvalue weighted by Gasteiger charge is 2.48. The molecule has 0 saturated heterocycles. The largest absolute Gasteiger partial charge is 0.378 e. The third-order valence-electron chi connectivity index (χ3n) is 4.40. The smallest absolute Gasteiger partial charge is 0.139 e. The number of aliphatic hydroxyl groups is 1. The van der Waals surface area contributed by atoms with Gasteiger partial charge < -0.3 is 5.11 Å². The molecule has 0 saturated carbocycles. The van der Waals surface area contributed by atoms with Crippen LogP contribution in [0, 0.1) is 11.6 Å². The Kier molecular flexibility index (Phi) is 3.93.